The minimum absolute atomic E-state index is 1.41. The summed E-state index contributed by atoms with van der Waals surface area (Å²) in [5, 5.41) is 0. The van der Waals surface area contributed by atoms with E-state index in [0.29, 0.717) is 0 Å². The van der Waals surface area contributed by atoms with Gasteiger partial charge in [-0.05, 0) is 0 Å². The molecule has 0 bridgehead atoms. The molecular weight excluding hydrogens is 466 g/mol. The van der Waals surface area contributed by atoms with E-state index in [0.717, 1.165) is 0 Å². The topological polar surface area (TPSA) is 61.3 Å². The molecule has 0 saturated heterocycles. The van der Waals surface area contributed by atoms with Gasteiger partial charge in [-0.3, -0.25) is 0 Å². The van der Waals surface area contributed by atoms with E-state index in [1.54, 1.807) is 0 Å². The monoisotopic (exact) mass is 472 g/mol. The maximum absolute atomic E-state index is 14.2. The maximum atomic E-state index is 14.2. The van der Waals surface area contributed by atoms with E-state index in [4.69, 9.17) is 11.5 Å². The third kappa shape index (κ3) is 3.84. The number of hydrogen-bond acceptors (Lipinski definition) is 5. The summed E-state index contributed by atoms with van der Waals surface area (Å²) in [5.74, 6) is -13.6. The Balaban J connectivity index is 2.86. The number of nitrogens with two attached hydrogens (primary N) is 2. The van der Waals surface area contributed by atoms with Crippen molar-refractivity contribution < 1.29 is 48.6 Å². The molecule has 2 aromatic carbocycles. The second-order valence-corrected chi connectivity index (χ2v) is 6.18. The Labute approximate surface area is 165 Å². The first-order valence-corrected chi connectivity index (χ1v) is 7.72. The van der Waals surface area contributed by atoms with Gasteiger partial charge in [-0.15, -0.1) is 25.3 Å². The van der Waals surface area contributed by atoms with Gasteiger partial charge in [0, 0.05) is 9.79 Å². The molecule has 160 valence electrons. The number of ether oxygens (including phenoxy) is 1. The summed E-state index contributed by atoms with van der Waals surface area (Å²) in [7, 11) is 0. The lowest BCUT2D eigenvalue weighted by Gasteiger charge is -2.20. The zero-order chi connectivity index (χ0) is 22.6. The molecule has 29 heavy (non-hydrogen) atoms. The van der Waals surface area contributed by atoms with Crippen LogP contribution in [-0.4, -0.2) is 0 Å². The van der Waals surface area contributed by atoms with Crippen LogP contribution in [0.2, 0.25) is 0 Å². The van der Waals surface area contributed by atoms with Crippen LogP contribution in [0.3, 0.4) is 0 Å². The summed E-state index contributed by atoms with van der Waals surface area (Å²) >= 11 is 6.47. The molecular formula is C14H6F10N2OS2. The van der Waals surface area contributed by atoms with E-state index in [1.165, 1.54) is 0 Å². The van der Waals surface area contributed by atoms with Gasteiger partial charge in [-0.25, -0.2) is 17.6 Å². The van der Waals surface area contributed by atoms with Crippen molar-refractivity contribution in [3.63, 3.8) is 0 Å². The Bertz CT molecular complexity index is 925. The molecule has 0 radical (unpaired) electrons. The Morgan fingerprint density at radius 3 is 1.10 bits per heavy atom. The van der Waals surface area contributed by atoms with E-state index in [9.17, 15) is 43.9 Å². The van der Waals surface area contributed by atoms with Crippen molar-refractivity contribution >= 4 is 36.6 Å². The summed E-state index contributed by atoms with van der Waals surface area (Å²) in [6.07, 6.45) is -11.0. The highest BCUT2D eigenvalue weighted by atomic mass is 32.1. The third-order valence-corrected chi connectivity index (χ3v) is 4.39. The molecule has 0 heterocycles. The highest BCUT2D eigenvalue weighted by Crippen LogP contribution is 2.48. The molecule has 0 aromatic heterocycles. The number of rotatable bonds is 2. The van der Waals surface area contributed by atoms with Crippen molar-refractivity contribution in [1.82, 2.24) is 0 Å². The lowest BCUT2D eigenvalue weighted by molar-refractivity contribution is -0.142. The molecule has 2 rings (SSSR count). The van der Waals surface area contributed by atoms with Crippen LogP contribution >= 0.6 is 25.3 Å². The Morgan fingerprint density at radius 1 is 0.586 bits per heavy atom. The van der Waals surface area contributed by atoms with Gasteiger partial charge in [0.25, 0.3) is 0 Å². The molecule has 0 fully saturated rings. The number of benzene rings is 2. The number of thiol groups is 2. The van der Waals surface area contributed by atoms with Crippen molar-refractivity contribution in [2.45, 2.75) is 22.1 Å². The van der Waals surface area contributed by atoms with Crippen LogP contribution in [0.5, 0.6) is 11.5 Å². The highest BCUT2D eigenvalue weighted by Gasteiger charge is 2.43. The van der Waals surface area contributed by atoms with E-state index < -0.39 is 79.4 Å². The first kappa shape index (κ1) is 23.1. The van der Waals surface area contributed by atoms with Crippen LogP contribution in [0, 0.1) is 23.3 Å². The molecule has 0 atom stereocenters. The molecule has 0 spiro atoms. The van der Waals surface area contributed by atoms with Crippen molar-refractivity contribution in [3.05, 3.63) is 34.4 Å². The van der Waals surface area contributed by atoms with Gasteiger partial charge in [-0.1, -0.05) is 0 Å². The molecule has 0 aliphatic rings. The third-order valence-electron chi connectivity index (χ3n) is 3.46. The molecule has 3 nitrogen and oxygen atoms in total. The molecule has 0 aliphatic carbocycles. The first-order chi connectivity index (χ1) is 13.0. The fourth-order valence-electron chi connectivity index (χ4n) is 2.15. The van der Waals surface area contributed by atoms with E-state index in [2.05, 4.69) is 30.0 Å². The van der Waals surface area contributed by atoms with Gasteiger partial charge >= 0.3 is 12.4 Å². The van der Waals surface area contributed by atoms with Crippen LogP contribution in [-0.2, 0) is 12.4 Å². The lowest BCUT2D eigenvalue weighted by atomic mass is 10.1. The number of halogens is 10. The van der Waals surface area contributed by atoms with Gasteiger partial charge in [0.05, 0.1) is 11.4 Å². The van der Waals surface area contributed by atoms with Gasteiger partial charge in [0.1, 0.15) is 11.1 Å². The smallest absolute Gasteiger partial charge is 0.420 e. The molecule has 2 aromatic rings. The van der Waals surface area contributed by atoms with Crippen molar-refractivity contribution in [3.8, 4) is 11.5 Å². The fraction of sp³-hybridized carbons (Fsp3) is 0.143. The van der Waals surface area contributed by atoms with Crippen LogP contribution in [0.1, 0.15) is 11.1 Å². The number of anilines is 2. The molecule has 0 aliphatic heterocycles. The summed E-state index contributed by atoms with van der Waals surface area (Å²) in [6.45, 7) is 0. The lowest BCUT2D eigenvalue weighted by Crippen LogP contribution is -2.16. The minimum atomic E-state index is -5.52. The van der Waals surface area contributed by atoms with E-state index in [1.807, 2.05) is 0 Å². The average molecular weight is 472 g/mol. The van der Waals surface area contributed by atoms with Gasteiger partial charge in [0.2, 0.25) is 11.5 Å². The number of alkyl halides is 6. The molecule has 0 unspecified atom stereocenters. The van der Waals surface area contributed by atoms with Gasteiger partial charge < -0.3 is 16.2 Å². The van der Waals surface area contributed by atoms with Crippen LogP contribution in [0.15, 0.2) is 9.79 Å². The summed E-state index contributed by atoms with van der Waals surface area (Å²) in [6, 6.07) is 0. The van der Waals surface area contributed by atoms with Crippen molar-refractivity contribution in [2.24, 2.45) is 0 Å². The van der Waals surface area contributed by atoms with E-state index in [-0.39, 0.29) is 0 Å². The maximum Gasteiger partial charge on any atom is 0.420 e. The van der Waals surface area contributed by atoms with Crippen LogP contribution in [0.25, 0.3) is 0 Å². The van der Waals surface area contributed by atoms with E-state index >= 15 is 0 Å². The van der Waals surface area contributed by atoms with Crippen LogP contribution in [0.4, 0.5) is 55.3 Å². The SMILES string of the molecule is Nc1c(F)c(Oc2c(F)c(N)c(S)c(C(F)(F)F)c2F)c(F)c(C(F)(F)F)c1S. The zero-order valence-electron chi connectivity index (χ0n) is 13.2. The molecule has 0 saturated carbocycles. The van der Waals surface area contributed by atoms with Crippen LogP contribution < -0.4 is 16.2 Å². The predicted octanol–water partition coefficient (Wildman–Crippen LogP) is 5.81. The average Bonchev–Trinajstić information content (AvgIpc) is 2.55. The summed E-state index contributed by atoms with van der Waals surface area (Å²) in [5.41, 5.74) is 2.64. The Kier molecular flexibility index (Phi) is 5.79. The zero-order valence-corrected chi connectivity index (χ0v) is 15.0. The molecule has 15 heteroatoms. The number of nitrogen functional groups attached to an aromatic ring is 2. The second kappa shape index (κ2) is 7.27. The Morgan fingerprint density at radius 2 is 0.862 bits per heavy atom. The normalized spacial score (nSPS) is 12.4. The largest absolute Gasteiger partial charge is 0.445 e. The number of hydrogen-bond donors (Lipinski definition) is 4. The molecule has 4 N–H and O–H groups in total. The summed E-state index contributed by atoms with van der Waals surface area (Å²) in [4.78, 5) is -2.83. The van der Waals surface area contributed by atoms with Crippen molar-refractivity contribution in [1.29, 1.82) is 0 Å². The quantitative estimate of drug-likeness (QED) is 0.253. The minimum Gasteiger partial charge on any atom is -0.445 e. The first-order valence-electron chi connectivity index (χ1n) is 6.82. The van der Waals surface area contributed by atoms with Gasteiger partial charge in [0.15, 0.2) is 23.3 Å². The summed E-state index contributed by atoms with van der Waals surface area (Å²) < 4.78 is 139. The molecule has 0 amide bonds. The highest BCUT2D eigenvalue weighted by molar-refractivity contribution is 7.80. The second-order valence-electron chi connectivity index (χ2n) is 5.29. The predicted molar refractivity (Wildman–Crippen MR) is 86.1 cm³/mol. The standard InChI is InChI=1S/C14H6F10N2OS2/c15-3-1(13(19,20)21)11(28)7(25)5(17)9(3)27-10-4(16)2(14(22,23)24)12(29)8(26)6(10)18/h28-29H,25-26H2. The fourth-order valence-corrected chi connectivity index (χ4v) is 2.79. The Hall–Kier alpha value is -2.16. The van der Waals surface area contributed by atoms with Gasteiger partial charge in [-0.2, -0.15) is 26.3 Å². The van der Waals surface area contributed by atoms with Crippen molar-refractivity contribution in [2.75, 3.05) is 11.5 Å².